The number of nitrogen functional groups attached to an aromatic ring is 1. The number of aromatic hydroxyl groups is 4. The molecule has 0 aliphatic rings. The molecule has 2 heterocycles. The lowest BCUT2D eigenvalue weighted by Gasteiger charge is -2.04. The summed E-state index contributed by atoms with van der Waals surface area (Å²) in [6.07, 6.45) is 2.57. The van der Waals surface area contributed by atoms with E-state index >= 15 is 0 Å². The Bertz CT molecular complexity index is 1160. The van der Waals surface area contributed by atoms with E-state index in [4.69, 9.17) is 5.73 Å². The molecule has 4 rings (SSSR count). The standard InChI is InChI=1S/C18H14N4O4S/c19-17-14(18-21-10-3-1-2-4-13(10)27-18)12(24)8-22(17)20-7-9-5-6-11(23)16(26)15(9)25/h1-8,23-26H,19H2. The van der Waals surface area contributed by atoms with Gasteiger partial charge in [-0.2, -0.15) is 5.10 Å². The Kier molecular flexibility index (Phi) is 3.85. The van der Waals surface area contributed by atoms with E-state index in [9.17, 15) is 20.4 Å². The van der Waals surface area contributed by atoms with Crippen LogP contribution in [0.4, 0.5) is 5.82 Å². The van der Waals surface area contributed by atoms with Crippen LogP contribution < -0.4 is 5.73 Å². The second-order valence-corrected chi connectivity index (χ2v) is 6.75. The van der Waals surface area contributed by atoms with Crippen LogP contribution in [0, 0.1) is 0 Å². The fraction of sp³-hybridized carbons (Fsp3) is 0. The van der Waals surface area contributed by atoms with Crippen LogP contribution in [0.1, 0.15) is 5.56 Å². The van der Waals surface area contributed by atoms with Crippen LogP contribution in [-0.4, -0.2) is 36.3 Å². The van der Waals surface area contributed by atoms with Gasteiger partial charge >= 0.3 is 0 Å². The number of nitrogens with two attached hydrogens (primary N) is 1. The van der Waals surface area contributed by atoms with Gasteiger partial charge in [0.1, 0.15) is 16.6 Å². The normalized spacial score (nSPS) is 11.6. The van der Waals surface area contributed by atoms with E-state index in [-0.39, 0.29) is 17.1 Å². The molecule has 4 aromatic rings. The lowest BCUT2D eigenvalue weighted by Crippen LogP contribution is -1.97. The molecule has 136 valence electrons. The Hall–Kier alpha value is -3.72. The second kappa shape index (κ2) is 6.22. The Morgan fingerprint density at radius 3 is 2.56 bits per heavy atom. The van der Waals surface area contributed by atoms with E-state index in [0.717, 1.165) is 10.2 Å². The third-order valence-corrected chi connectivity index (χ3v) is 5.05. The van der Waals surface area contributed by atoms with Crippen molar-refractivity contribution in [2.24, 2.45) is 5.10 Å². The van der Waals surface area contributed by atoms with Crippen molar-refractivity contribution in [2.75, 3.05) is 5.73 Å². The number of benzene rings is 2. The number of nitrogens with zero attached hydrogens (tertiary/aromatic N) is 3. The first-order valence-corrected chi connectivity index (χ1v) is 8.61. The maximum absolute atomic E-state index is 10.3. The largest absolute Gasteiger partial charge is 0.505 e. The molecule has 0 atom stereocenters. The number of para-hydroxylation sites is 1. The summed E-state index contributed by atoms with van der Waals surface area (Å²) in [6, 6.07) is 10.2. The summed E-state index contributed by atoms with van der Waals surface area (Å²) >= 11 is 1.40. The molecule has 0 aliphatic heterocycles. The topological polar surface area (TPSA) is 137 Å². The molecule has 0 saturated carbocycles. The van der Waals surface area contributed by atoms with Gasteiger partial charge in [0.25, 0.3) is 0 Å². The van der Waals surface area contributed by atoms with Crippen LogP contribution in [0.25, 0.3) is 20.8 Å². The number of hydrogen-bond donors (Lipinski definition) is 5. The maximum Gasteiger partial charge on any atom is 0.200 e. The Morgan fingerprint density at radius 1 is 1.00 bits per heavy atom. The van der Waals surface area contributed by atoms with Crippen molar-refractivity contribution >= 4 is 33.6 Å². The van der Waals surface area contributed by atoms with Gasteiger partial charge in [0.15, 0.2) is 11.5 Å². The van der Waals surface area contributed by atoms with Crippen molar-refractivity contribution < 1.29 is 20.4 Å². The third kappa shape index (κ3) is 2.79. The first-order chi connectivity index (χ1) is 13.0. The minimum Gasteiger partial charge on any atom is -0.505 e. The summed E-state index contributed by atoms with van der Waals surface area (Å²) in [5.74, 6) is -1.51. The zero-order valence-electron chi connectivity index (χ0n) is 13.7. The van der Waals surface area contributed by atoms with E-state index in [1.54, 1.807) is 0 Å². The zero-order chi connectivity index (χ0) is 19.1. The molecule has 0 saturated heterocycles. The van der Waals surface area contributed by atoms with Gasteiger partial charge in [-0.25, -0.2) is 9.66 Å². The van der Waals surface area contributed by atoms with Crippen molar-refractivity contribution in [3.05, 3.63) is 48.2 Å². The monoisotopic (exact) mass is 382 g/mol. The van der Waals surface area contributed by atoms with Crippen LogP contribution >= 0.6 is 11.3 Å². The Morgan fingerprint density at radius 2 is 1.78 bits per heavy atom. The predicted molar refractivity (Wildman–Crippen MR) is 104 cm³/mol. The number of fused-ring (bicyclic) bond motifs is 1. The molecular weight excluding hydrogens is 368 g/mol. The summed E-state index contributed by atoms with van der Waals surface area (Å²) in [6.45, 7) is 0. The van der Waals surface area contributed by atoms with E-state index in [0.29, 0.717) is 10.6 Å². The van der Waals surface area contributed by atoms with Crippen molar-refractivity contribution in [2.45, 2.75) is 0 Å². The summed E-state index contributed by atoms with van der Waals surface area (Å²) in [4.78, 5) is 4.48. The first-order valence-electron chi connectivity index (χ1n) is 7.79. The number of phenolic OH excluding ortho intramolecular Hbond substituents is 3. The van der Waals surface area contributed by atoms with Gasteiger partial charge in [-0.15, -0.1) is 11.3 Å². The SMILES string of the molecule is Nc1c(-c2nc3ccccc3s2)c(O)cn1N=Cc1ccc(O)c(O)c1O. The summed E-state index contributed by atoms with van der Waals surface area (Å²) in [5.41, 5.74) is 7.45. The molecule has 0 bridgehead atoms. The van der Waals surface area contributed by atoms with Gasteiger partial charge in [0, 0.05) is 5.56 Å². The van der Waals surface area contributed by atoms with Crippen LogP contribution in [-0.2, 0) is 0 Å². The van der Waals surface area contributed by atoms with Crippen molar-refractivity contribution in [1.29, 1.82) is 0 Å². The first kappa shape index (κ1) is 16.7. The molecule has 0 unspecified atom stereocenters. The predicted octanol–water partition coefficient (Wildman–Crippen LogP) is 3.05. The molecule has 0 aliphatic carbocycles. The third-order valence-electron chi connectivity index (χ3n) is 3.99. The van der Waals surface area contributed by atoms with E-state index in [1.165, 1.54) is 40.6 Å². The molecule has 2 aromatic carbocycles. The highest BCUT2D eigenvalue weighted by atomic mass is 32.1. The fourth-order valence-electron chi connectivity index (χ4n) is 2.60. The zero-order valence-corrected chi connectivity index (χ0v) is 14.6. The highest BCUT2D eigenvalue weighted by molar-refractivity contribution is 7.21. The van der Waals surface area contributed by atoms with E-state index in [2.05, 4.69) is 10.1 Å². The van der Waals surface area contributed by atoms with Crippen LogP contribution in [0.5, 0.6) is 23.0 Å². The van der Waals surface area contributed by atoms with Gasteiger partial charge in [-0.3, -0.25) is 0 Å². The lowest BCUT2D eigenvalue weighted by molar-refractivity contribution is 0.367. The molecule has 0 fully saturated rings. The Labute approximate surface area is 156 Å². The van der Waals surface area contributed by atoms with Gasteiger partial charge in [0.2, 0.25) is 5.75 Å². The van der Waals surface area contributed by atoms with Gasteiger partial charge < -0.3 is 26.2 Å². The van der Waals surface area contributed by atoms with E-state index < -0.39 is 17.2 Å². The lowest BCUT2D eigenvalue weighted by atomic mass is 10.2. The van der Waals surface area contributed by atoms with Gasteiger partial charge in [-0.1, -0.05) is 12.1 Å². The van der Waals surface area contributed by atoms with Crippen LogP contribution in [0.3, 0.4) is 0 Å². The van der Waals surface area contributed by atoms with Crippen molar-refractivity contribution in [3.63, 3.8) is 0 Å². The highest BCUT2D eigenvalue weighted by Crippen LogP contribution is 2.40. The maximum atomic E-state index is 10.3. The number of thiazole rings is 1. The Balaban J connectivity index is 1.74. The molecule has 9 heteroatoms. The summed E-state index contributed by atoms with van der Waals surface area (Å²) < 4.78 is 2.20. The van der Waals surface area contributed by atoms with E-state index in [1.807, 2.05) is 24.3 Å². The number of rotatable bonds is 3. The number of aromatic nitrogens is 2. The van der Waals surface area contributed by atoms with Crippen molar-refractivity contribution in [3.8, 4) is 33.6 Å². The van der Waals surface area contributed by atoms with Crippen molar-refractivity contribution in [1.82, 2.24) is 9.66 Å². The number of phenols is 3. The smallest absolute Gasteiger partial charge is 0.200 e. The number of anilines is 1. The van der Waals surface area contributed by atoms with Crippen LogP contribution in [0.2, 0.25) is 0 Å². The molecule has 0 spiro atoms. The van der Waals surface area contributed by atoms with Gasteiger partial charge in [0.05, 0.1) is 28.2 Å². The average molecular weight is 382 g/mol. The molecule has 8 nitrogen and oxygen atoms in total. The molecule has 6 N–H and O–H groups in total. The minimum atomic E-state index is -0.641. The summed E-state index contributed by atoms with van der Waals surface area (Å²) in [7, 11) is 0. The average Bonchev–Trinajstić information content (AvgIpc) is 3.19. The van der Waals surface area contributed by atoms with Gasteiger partial charge in [-0.05, 0) is 24.3 Å². The fourth-order valence-corrected chi connectivity index (χ4v) is 3.63. The second-order valence-electron chi connectivity index (χ2n) is 5.72. The molecular formula is C18H14N4O4S. The summed E-state index contributed by atoms with van der Waals surface area (Å²) in [5, 5.41) is 43.7. The highest BCUT2D eigenvalue weighted by Gasteiger charge is 2.18. The molecule has 2 aromatic heterocycles. The minimum absolute atomic E-state index is 0.0820. The quantitative estimate of drug-likeness (QED) is 0.273. The number of hydrogen-bond acceptors (Lipinski definition) is 8. The molecule has 0 radical (unpaired) electrons. The molecule has 0 amide bonds. The van der Waals surface area contributed by atoms with Crippen LogP contribution in [0.15, 0.2) is 47.7 Å². The molecule has 27 heavy (non-hydrogen) atoms.